The van der Waals surface area contributed by atoms with Gasteiger partial charge in [-0.1, -0.05) is 285 Å². The molecule has 0 amide bonds. The van der Waals surface area contributed by atoms with Gasteiger partial charge in [-0.15, -0.1) is 0 Å². The predicted octanol–water partition coefficient (Wildman–Crippen LogP) is 18.6. The van der Waals surface area contributed by atoms with E-state index in [1.54, 1.807) is 0 Å². The minimum Gasteiger partial charge on any atom is -0.462 e. The summed E-state index contributed by atoms with van der Waals surface area (Å²) in [4.78, 5) is 72.3. The third-order valence-corrected chi connectivity index (χ3v) is 17.2. The van der Waals surface area contributed by atoms with Crippen molar-refractivity contribution in [3.63, 3.8) is 0 Å². The van der Waals surface area contributed by atoms with Crippen molar-refractivity contribution in [2.45, 2.75) is 355 Å². The average Bonchev–Trinajstić information content (AvgIpc) is 3.47. The van der Waals surface area contributed by atoms with Gasteiger partial charge in [0.15, 0.2) is 12.2 Å². The van der Waals surface area contributed by atoms with Crippen molar-refractivity contribution in [1.82, 2.24) is 0 Å². The highest BCUT2D eigenvalue weighted by Crippen LogP contribution is 2.45. The van der Waals surface area contributed by atoms with Gasteiger partial charge in [-0.05, 0) is 31.6 Å². The van der Waals surface area contributed by atoms with Crippen LogP contribution in [0.1, 0.15) is 336 Å². The molecule has 0 aromatic heterocycles. The molecular weight excluding hydrogens is 1130 g/mol. The zero-order chi connectivity index (χ0) is 62.8. The molecule has 5 atom stereocenters. The highest BCUT2D eigenvalue weighted by atomic mass is 31.2. The van der Waals surface area contributed by atoms with Gasteiger partial charge in [-0.25, -0.2) is 9.13 Å². The number of hydrogen-bond donors (Lipinski definition) is 3. The summed E-state index contributed by atoms with van der Waals surface area (Å²) >= 11 is 0. The predicted molar refractivity (Wildman–Crippen MR) is 340 cm³/mol. The van der Waals surface area contributed by atoms with Gasteiger partial charge >= 0.3 is 39.5 Å². The smallest absolute Gasteiger partial charge is 0.462 e. The Hall–Kier alpha value is -1.94. The Balaban J connectivity index is 5.23. The van der Waals surface area contributed by atoms with E-state index in [1.807, 2.05) is 0 Å². The fraction of sp³-hybridized carbons (Fsp3) is 0.939. The Kier molecular flexibility index (Phi) is 58.3. The molecule has 0 spiro atoms. The maximum absolute atomic E-state index is 13.0. The number of aliphatic hydroxyl groups excluding tert-OH is 1. The van der Waals surface area contributed by atoms with Crippen LogP contribution in [-0.2, 0) is 65.4 Å². The molecule has 0 aliphatic carbocycles. The lowest BCUT2D eigenvalue weighted by atomic mass is 10.0. The van der Waals surface area contributed by atoms with Gasteiger partial charge < -0.3 is 33.8 Å². The highest BCUT2D eigenvalue weighted by Gasteiger charge is 2.30. The van der Waals surface area contributed by atoms with Crippen LogP contribution in [0.15, 0.2) is 0 Å². The number of hydrogen-bond acceptors (Lipinski definition) is 15. The van der Waals surface area contributed by atoms with Crippen molar-refractivity contribution in [3.8, 4) is 0 Å². The Morgan fingerprint density at radius 1 is 0.318 bits per heavy atom. The highest BCUT2D eigenvalue weighted by molar-refractivity contribution is 7.47. The van der Waals surface area contributed by atoms with Crippen LogP contribution in [0.2, 0.25) is 0 Å². The van der Waals surface area contributed by atoms with E-state index in [0.717, 1.165) is 102 Å². The molecule has 0 heterocycles. The van der Waals surface area contributed by atoms with E-state index in [4.69, 9.17) is 37.0 Å². The second-order valence-corrected chi connectivity index (χ2v) is 27.2. The number of carbonyl (C=O) groups excluding carboxylic acids is 4. The van der Waals surface area contributed by atoms with Crippen LogP contribution in [0.25, 0.3) is 0 Å². The van der Waals surface area contributed by atoms with Crippen molar-refractivity contribution in [2.75, 3.05) is 39.6 Å². The molecule has 0 fully saturated rings. The first kappa shape index (κ1) is 83.1. The second kappa shape index (κ2) is 59.7. The third-order valence-electron chi connectivity index (χ3n) is 15.3. The van der Waals surface area contributed by atoms with Crippen molar-refractivity contribution in [2.24, 2.45) is 5.92 Å². The first-order valence-corrected chi connectivity index (χ1v) is 37.6. The van der Waals surface area contributed by atoms with Crippen LogP contribution in [0.3, 0.4) is 0 Å². The van der Waals surface area contributed by atoms with Crippen LogP contribution >= 0.6 is 15.6 Å². The Morgan fingerprint density at radius 3 is 0.800 bits per heavy atom. The minimum absolute atomic E-state index is 0.107. The third kappa shape index (κ3) is 60.7. The van der Waals surface area contributed by atoms with Crippen molar-refractivity contribution in [3.05, 3.63) is 0 Å². The van der Waals surface area contributed by atoms with Crippen molar-refractivity contribution in [1.29, 1.82) is 0 Å². The lowest BCUT2D eigenvalue weighted by Crippen LogP contribution is -2.30. The zero-order valence-electron chi connectivity index (χ0n) is 54.7. The number of phosphoric acid groups is 2. The van der Waals surface area contributed by atoms with E-state index in [9.17, 15) is 43.2 Å². The minimum atomic E-state index is -4.95. The molecule has 0 saturated heterocycles. The van der Waals surface area contributed by atoms with E-state index in [-0.39, 0.29) is 25.7 Å². The summed E-state index contributed by atoms with van der Waals surface area (Å²) < 4.78 is 68.1. The molecule has 2 unspecified atom stereocenters. The standard InChI is InChI=1S/C66H128O17P2/c1-6-9-12-15-18-21-23-27-30-35-40-45-50-64(69)77-56-62(83-66(71)52-47-42-37-32-28-24-26-29-33-38-43-48-59(4)5)58-81-85(74,75)79-54-60(67)53-78-84(72,73)80-57-61(55-76-63(68)49-44-39-34-20-17-14-11-8-3)82-65(70)51-46-41-36-31-25-22-19-16-13-10-7-2/h59-62,67H,6-58H2,1-5H3,(H,72,73)(H,74,75)/t60-,61+,62+/m0/s1. The molecule has 0 bridgehead atoms. The van der Waals surface area contributed by atoms with Gasteiger partial charge in [0, 0.05) is 25.7 Å². The zero-order valence-corrected chi connectivity index (χ0v) is 56.5. The first-order valence-electron chi connectivity index (χ1n) is 34.6. The molecule has 19 heteroatoms. The molecule has 0 aliphatic heterocycles. The van der Waals surface area contributed by atoms with Crippen molar-refractivity contribution < 1.29 is 80.2 Å². The number of esters is 4. The van der Waals surface area contributed by atoms with E-state index in [1.165, 1.54) is 154 Å². The molecule has 0 aromatic rings. The maximum Gasteiger partial charge on any atom is 0.472 e. The van der Waals surface area contributed by atoms with Crippen LogP contribution < -0.4 is 0 Å². The maximum atomic E-state index is 13.0. The molecule has 3 N–H and O–H groups in total. The van der Waals surface area contributed by atoms with Gasteiger partial charge in [-0.3, -0.25) is 37.3 Å². The fourth-order valence-electron chi connectivity index (χ4n) is 9.94. The van der Waals surface area contributed by atoms with Crippen LogP contribution in [0.4, 0.5) is 0 Å². The summed E-state index contributed by atoms with van der Waals surface area (Å²) in [7, 11) is -9.89. The van der Waals surface area contributed by atoms with Gasteiger partial charge in [0.1, 0.15) is 19.3 Å². The van der Waals surface area contributed by atoms with Crippen LogP contribution in [0, 0.1) is 5.92 Å². The molecule has 0 saturated carbocycles. The number of phosphoric ester groups is 2. The first-order chi connectivity index (χ1) is 41.0. The van der Waals surface area contributed by atoms with Crippen LogP contribution in [-0.4, -0.2) is 96.7 Å². The normalized spacial score (nSPS) is 14.2. The van der Waals surface area contributed by atoms with Gasteiger partial charge in [0.2, 0.25) is 0 Å². The number of carbonyl (C=O) groups is 4. The van der Waals surface area contributed by atoms with Gasteiger partial charge in [0.05, 0.1) is 26.4 Å². The second-order valence-electron chi connectivity index (χ2n) is 24.3. The topological polar surface area (TPSA) is 237 Å². The molecule has 0 aliphatic rings. The summed E-state index contributed by atoms with van der Waals surface area (Å²) in [6.45, 7) is 7.19. The lowest BCUT2D eigenvalue weighted by molar-refractivity contribution is -0.161. The largest absolute Gasteiger partial charge is 0.472 e. The Labute approximate surface area is 517 Å². The molecule has 504 valence electrons. The fourth-order valence-corrected chi connectivity index (χ4v) is 11.5. The quantitative estimate of drug-likeness (QED) is 0.0222. The Bertz CT molecular complexity index is 1650. The lowest BCUT2D eigenvalue weighted by Gasteiger charge is -2.21. The van der Waals surface area contributed by atoms with Crippen molar-refractivity contribution >= 4 is 39.5 Å². The Morgan fingerprint density at radius 2 is 0.541 bits per heavy atom. The summed E-state index contributed by atoms with van der Waals surface area (Å²) in [5, 5.41) is 10.5. The molecule has 85 heavy (non-hydrogen) atoms. The molecule has 0 aromatic carbocycles. The summed E-state index contributed by atoms with van der Waals surface area (Å²) in [6, 6.07) is 0. The SMILES string of the molecule is CCCCCCCCCCCCCCC(=O)OC[C@H](COP(=O)(O)OC[C@@H](O)COP(=O)(O)OC[C@@H](COC(=O)CCCCCCCCCC)OC(=O)CCCCCCCCCCCCC)OC(=O)CCCCCCCCCCCCCC(C)C. The van der Waals surface area contributed by atoms with Gasteiger partial charge in [-0.2, -0.15) is 0 Å². The van der Waals surface area contributed by atoms with Crippen LogP contribution in [0.5, 0.6) is 0 Å². The average molecular weight is 1260 g/mol. The number of unbranched alkanes of at least 4 members (excludes halogenated alkanes) is 38. The summed E-state index contributed by atoms with van der Waals surface area (Å²) in [5.74, 6) is -1.36. The number of rotatable bonds is 66. The molecule has 0 rings (SSSR count). The summed E-state index contributed by atoms with van der Waals surface area (Å²) in [6.07, 6.45) is 44.3. The van der Waals surface area contributed by atoms with Gasteiger partial charge in [0.25, 0.3) is 0 Å². The van der Waals surface area contributed by atoms with E-state index in [0.29, 0.717) is 25.7 Å². The summed E-state index contributed by atoms with van der Waals surface area (Å²) in [5.41, 5.74) is 0. The molecule has 17 nitrogen and oxygen atoms in total. The molecular formula is C66H128O17P2. The number of ether oxygens (including phenoxy) is 4. The van der Waals surface area contributed by atoms with E-state index < -0.39 is 97.5 Å². The van der Waals surface area contributed by atoms with E-state index >= 15 is 0 Å². The monoisotopic (exact) mass is 1250 g/mol. The number of aliphatic hydroxyl groups is 1. The molecule has 0 radical (unpaired) electrons. The van der Waals surface area contributed by atoms with E-state index in [2.05, 4.69) is 34.6 Å².